The Hall–Kier alpha value is -4.15. The number of nitrogens with zero attached hydrogens (tertiary/aromatic N) is 2. The SMILES string of the molecule is CNc1ccc(-n2cc(C(=O)O)c(=O)n(Cc3cccc(C(F)(F)F)c3C)c2=O)cc1C=N. The molecule has 0 aliphatic rings. The lowest BCUT2D eigenvalue weighted by atomic mass is 10.0. The Morgan fingerprint density at radius 3 is 2.48 bits per heavy atom. The number of carboxylic acids is 1. The van der Waals surface area contributed by atoms with E-state index in [0.29, 0.717) is 15.8 Å². The van der Waals surface area contributed by atoms with Crippen LogP contribution in [-0.2, 0) is 12.7 Å². The highest BCUT2D eigenvalue weighted by atomic mass is 19.4. The Labute approximate surface area is 185 Å². The number of carboxylic acid groups (broad SMARTS) is 1. The van der Waals surface area contributed by atoms with Crippen molar-refractivity contribution in [3.05, 3.63) is 91.3 Å². The van der Waals surface area contributed by atoms with Gasteiger partial charge in [-0.3, -0.25) is 13.9 Å². The Kier molecular flexibility index (Phi) is 6.25. The molecule has 3 rings (SSSR count). The van der Waals surface area contributed by atoms with Crippen molar-refractivity contribution in [1.29, 1.82) is 5.41 Å². The first-order chi connectivity index (χ1) is 15.5. The van der Waals surface area contributed by atoms with Gasteiger partial charge < -0.3 is 15.8 Å². The second-order valence-corrected chi connectivity index (χ2v) is 7.15. The maximum Gasteiger partial charge on any atom is 0.416 e. The van der Waals surface area contributed by atoms with Gasteiger partial charge in [0.2, 0.25) is 0 Å². The number of aromatic carboxylic acids is 1. The minimum absolute atomic E-state index is 0.0452. The Balaban J connectivity index is 2.26. The number of anilines is 1. The molecular weight excluding hydrogens is 441 g/mol. The maximum absolute atomic E-state index is 13.3. The molecule has 0 bridgehead atoms. The summed E-state index contributed by atoms with van der Waals surface area (Å²) in [5.74, 6) is -1.60. The van der Waals surface area contributed by atoms with E-state index in [-0.39, 0.29) is 16.8 Å². The quantitative estimate of drug-likeness (QED) is 0.489. The van der Waals surface area contributed by atoms with Crippen molar-refractivity contribution in [2.24, 2.45) is 0 Å². The third kappa shape index (κ3) is 4.43. The Morgan fingerprint density at radius 2 is 1.91 bits per heavy atom. The second-order valence-electron chi connectivity index (χ2n) is 7.15. The van der Waals surface area contributed by atoms with Crippen molar-refractivity contribution in [3.8, 4) is 5.69 Å². The molecule has 3 N–H and O–H groups in total. The van der Waals surface area contributed by atoms with Gasteiger partial charge in [0.15, 0.2) is 0 Å². The van der Waals surface area contributed by atoms with E-state index in [1.807, 2.05) is 0 Å². The van der Waals surface area contributed by atoms with Crippen LogP contribution in [-0.4, -0.2) is 33.5 Å². The van der Waals surface area contributed by atoms with E-state index < -0.39 is 41.1 Å². The lowest BCUT2D eigenvalue weighted by Gasteiger charge is -2.16. The van der Waals surface area contributed by atoms with Crippen LogP contribution >= 0.6 is 0 Å². The predicted molar refractivity (Wildman–Crippen MR) is 116 cm³/mol. The molecule has 0 fully saturated rings. The molecule has 0 amide bonds. The van der Waals surface area contributed by atoms with Crippen LogP contribution in [0.4, 0.5) is 18.9 Å². The molecule has 0 saturated carbocycles. The van der Waals surface area contributed by atoms with Gasteiger partial charge in [-0.1, -0.05) is 12.1 Å². The van der Waals surface area contributed by atoms with Gasteiger partial charge in [0, 0.05) is 30.7 Å². The van der Waals surface area contributed by atoms with Crippen LogP contribution < -0.4 is 16.6 Å². The van der Waals surface area contributed by atoms with Crippen LogP contribution in [0.25, 0.3) is 5.69 Å². The van der Waals surface area contributed by atoms with Gasteiger partial charge in [-0.25, -0.2) is 9.59 Å². The van der Waals surface area contributed by atoms with Crippen molar-refractivity contribution in [2.75, 3.05) is 12.4 Å². The number of aromatic nitrogens is 2. The largest absolute Gasteiger partial charge is 0.477 e. The molecule has 3 aromatic rings. The summed E-state index contributed by atoms with van der Waals surface area (Å²) in [6.07, 6.45) is -2.74. The molecule has 33 heavy (non-hydrogen) atoms. The normalized spacial score (nSPS) is 11.3. The fourth-order valence-corrected chi connectivity index (χ4v) is 3.45. The molecule has 11 heteroatoms. The van der Waals surface area contributed by atoms with Crippen molar-refractivity contribution in [1.82, 2.24) is 9.13 Å². The highest BCUT2D eigenvalue weighted by Crippen LogP contribution is 2.33. The fraction of sp³-hybridized carbons (Fsp3) is 0.182. The monoisotopic (exact) mass is 460 g/mol. The van der Waals surface area contributed by atoms with Crippen LogP contribution in [0, 0.1) is 12.3 Å². The van der Waals surface area contributed by atoms with E-state index in [2.05, 4.69) is 5.32 Å². The minimum Gasteiger partial charge on any atom is -0.477 e. The van der Waals surface area contributed by atoms with Gasteiger partial charge in [-0.05, 0) is 42.3 Å². The van der Waals surface area contributed by atoms with Gasteiger partial charge in [0.25, 0.3) is 5.56 Å². The molecule has 172 valence electrons. The first-order valence-electron chi connectivity index (χ1n) is 9.57. The Morgan fingerprint density at radius 1 is 1.21 bits per heavy atom. The number of alkyl halides is 3. The smallest absolute Gasteiger partial charge is 0.416 e. The van der Waals surface area contributed by atoms with Crippen LogP contribution in [0.15, 0.2) is 52.2 Å². The Bertz CT molecular complexity index is 1370. The lowest BCUT2D eigenvalue weighted by molar-refractivity contribution is -0.138. The first-order valence-corrected chi connectivity index (χ1v) is 9.57. The summed E-state index contributed by atoms with van der Waals surface area (Å²) < 4.78 is 41.3. The zero-order chi connectivity index (χ0) is 24.5. The van der Waals surface area contributed by atoms with E-state index in [1.54, 1.807) is 13.1 Å². The van der Waals surface area contributed by atoms with Crippen LogP contribution in [0.5, 0.6) is 0 Å². The second kappa shape index (κ2) is 8.77. The number of halogens is 3. The summed E-state index contributed by atoms with van der Waals surface area (Å²) in [6, 6.07) is 7.86. The molecule has 8 nitrogen and oxygen atoms in total. The van der Waals surface area contributed by atoms with Crippen molar-refractivity contribution < 1.29 is 23.1 Å². The zero-order valence-corrected chi connectivity index (χ0v) is 17.5. The molecule has 0 aliphatic carbocycles. The molecule has 2 aromatic carbocycles. The molecule has 0 atom stereocenters. The molecule has 0 aliphatic heterocycles. The molecular formula is C22H19F3N4O4. The number of carbonyl (C=O) groups is 1. The zero-order valence-electron chi connectivity index (χ0n) is 17.5. The summed E-state index contributed by atoms with van der Waals surface area (Å²) in [4.78, 5) is 37.6. The topological polar surface area (TPSA) is 117 Å². The third-order valence-electron chi connectivity index (χ3n) is 5.22. The molecule has 0 unspecified atom stereocenters. The third-order valence-corrected chi connectivity index (χ3v) is 5.22. The van der Waals surface area contributed by atoms with E-state index in [4.69, 9.17) is 5.41 Å². The molecule has 1 heterocycles. The first kappa shape index (κ1) is 23.5. The van der Waals surface area contributed by atoms with Crippen LogP contribution in [0.2, 0.25) is 0 Å². The molecule has 0 radical (unpaired) electrons. The van der Waals surface area contributed by atoms with Gasteiger partial charge in [-0.15, -0.1) is 0 Å². The summed E-state index contributed by atoms with van der Waals surface area (Å²) in [7, 11) is 1.63. The van der Waals surface area contributed by atoms with Crippen molar-refractivity contribution in [2.45, 2.75) is 19.6 Å². The molecule has 0 saturated heterocycles. The summed E-state index contributed by atoms with van der Waals surface area (Å²) in [5, 5.41) is 19.9. The lowest BCUT2D eigenvalue weighted by Crippen LogP contribution is -2.42. The average Bonchev–Trinajstić information content (AvgIpc) is 2.76. The highest BCUT2D eigenvalue weighted by molar-refractivity contribution is 5.88. The van der Waals surface area contributed by atoms with Gasteiger partial charge in [0.05, 0.1) is 17.8 Å². The van der Waals surface area contributed by atoms with E-state index in [0.717, 1.165) is 29.1 Å². The number of nitrogens with one attached hydrogen (secondary N) is 2. The minimum atomic E-state index is -4.63. The van der Waals surface area contributed by atoms with Crippen LogP contribution in [0.1, 0.15) is 32.6 Å². The number of hydrogen-bond acceptors (Lipinski definition) is 5. The summed E-state index contributed by atoms with van der Waals surface area (Å²) in [6.45, 7) is 0.663. The molecule has 0 spiro atoms. The maximum atomic E-state index is 13.3. The summed E-state index contributed by atoms with van der Waals surface area (Å²) >= 11 is 0. The fourth-order valence-electron chi connectivity index (χ4n) is 3.45. The van der Waals surface area contributed by atoms with Crippen LogP contribution in [0.3, 0.4) is 0 Å². The highest BCUT2D eigenvalue weighted by Gasteiger charge is 2.33. The van der Waals surface area contributed by atoms with Gasteiger partial charge in [0.1, 0.15) is 5.56 Å². The van der Waals surface area contributed by atoms with E-state index in [9.17, 15) is 32.7 Å². The standard InChI is InChI=1S/C22H19F3N4O4/c1-12-13(4-3-5-17(12)22(23,24)25)10-29-19(30)16(20(31)32)11-28(21(29)33)15-6-7-18(27-2)14(8-15)9-26/h3-9,11,26-27H,10H2,1-2H3,(H,31,32). The van der Waals surface area contributed by atoms with Crippen molar-refractivity contribution in [3.63, 3.8) is 0 Å². The average molecular weight is 460 g/mol. The van der Waals surface area contributed by atoms with E-state index >= 15 is 0 Å². The number of benzene rings is 2. The van der Waals surface area contributed by atoms with Gasteiger partial charge in [-0.2, -0.15) is 13.2 Å². The van der Waals surface area contributed by atoms with Crippen molar-refractivity contribution >= 4 is 17.9 Å². The van der Waals surface area contributed by atoms with E-state index in [1.165, 1.54) is 25.1 Å². The number of rotatable bonds is 6. The molecule has 1 aromatic heterocycles. The predicted octanol–water partition coefficient (Wildman–Crippen LogP) is 3.11. The summed E-state index contributed by atoms with van der Waals surface area (Å²) in [5.41, 5.74) is -2.70. The number of hydrogen-bond donors (Lipinski definition) is 3. The van der Waals surface area contributed by atoms with Gasteiger partial charge >= 0.3 is 17.8 Å².